The molecular weight excluding hydrogens is 240 g/mol. The van der Waals surface area contributed by atoms with Crippen molar-refractivity contribution in [1.82, 2.24) is 0 Å². The van der Waals surface area contributed by atoms with Crippen molar-refractivity contribution in [3.8, 4) is 11.8 Å². The Morgan fingerprint density at radius 1 is 1.37 bits per heavy atom. The maximum absolute atomic E-state index is 8.45. The van der Waals surface area contributed by atoms with Crippen LogP contribution in [0.25, 0.3) is 0 Å². The number of anilines is 1. The Hall–Kier alpha value is -1.73. The smallest absolute Gasteiger partial charge is 0.121 e. The Morgan fingerprint density at radius 2 is 2.21 bits per heavy atom. The third-order valence-corrected chi connectivity index (χ3v) is 2.70. The molecule has 19 heavy (non-hydrogen) atoms. The van der Waals surface area contributed by atoms with E-state index in [0.717, 1.165) is 30.9 Å². The van der Waals surface area contributed by atoms with Crippen LogP contribution in [0.5, 0.6) is 5.75 Å². The van der Waals surface area contributed by atoms with Gasteiger partial charge in [0.25, 0.3) is 0 Å². The maximum atomic E-state index is 8.45. The van der Waals surface area contributed by atoms with Crippen LogP contribution in [0.3, 0.4) is 0 Å². The second kappa shape index (κ2) is 9.23. The Balaban J connectivity index is 2.41. The van der Waals surface area contributed by atoms with Gasteiger partial charge in [-0.15, -0.1) is 0 Å². The van der Waals surface area contributed by atoms with Gasteiger partial charge >= 0.3 is 0 Å². The average molecular weight is 262 g/mol. The first-order chi connectivity index (χ1) is 9.26. The number of nitrogens with zero attached hydrogens (tertiary/aromatic N) is 1. The number of methoxy groups -OCH3 is 1. The minimum absolute atomic E-state index is 0.355. The molecule has 0 radical (unpaired) electrons. The summed E-state index contributed by atoms with van der Waals surface area (Å²) in [6.07, 6.45) is 2.26. The quantitative estimate of drug-likeness (QED) is 0.694. The van der Waals surface area contributed by atoms with Gasteiger partial charge in [-0.1, -0.05) is 6.07 Å². The van der Waals surface area contributed by atoms with Gasteiger partial charge in [0.2, 0.25) is 0 Å². The minimum Gasteiger partial charge on any atom is -0.493 e. The number of nitriles is 1. The molecule has 0 amide bonds. The van der Waals surface area contributed by atoms with E-state index < -0.39 is 0 Å². The Labute approximate surface area is 115 Å². The number of hydrogen-bond donors (Lipinski definition) is 1. The molecule has 1 unspecified atom stereocenters. The van der Waals surface area contributed by atoms with Gasteiger partial charge in [-0.2, -0.15) is 5.26 Å². The molecule has 0 fully saturated rings. The molecule has 0 heterocycles. The van der Waals surface area contributed by atoms with Crippen molar-refractivity contribution in [2.45, 2.75) is 32.2 Å². The number of unbranched alkanes of at least 4 members (excludes halogenated alkanes) is 1. The molecule has 0 aliphatic heterocycles. The summed E-state index contributed by atoms with van der Waals surface area (Å²) in [5, 5.41) is 11.9. The van der Waals surface area contributed by atoms with Crippen molar-refractivity contribution in [3.05, 3.63) is 24.3 Å². The number of rotatable bonds is 9. The summed E-state index contributed by atoms with van der Waals surface area (Å²) in [4.78, 5) is 0. The van der Waals surface area contributed by atoms with E-state index >= 15 is 0 Å². The lowest BCUT2D eigenvalue weighted by Gasteiger charge is -2.15. The summed E-state index contributed by atoms with van der Waals surface area (Å²) >= 11 is 0. The van der Waals surface area contributed by atoms with Gasteiger partial charge in [-0.3, -0.25) is 0 Å². The van der Waals surface area contributed by atoms with E-state index in [2.05, 4.69) is 18.3 Å². The molecule has 0 spiro atoms. The standard InChI is InChI=1S/C15H22N2O2/c1-13(8-11-18-2)17-14-6-5-7-15(12-14)19-10-4-3-9-16/h5-7,12-13,17H,3-4,8,10-11H2,1-2H3. The van der Waals surface area contributed by atoms with E-state index in [4.69, 9.17) is 14.7 Å². The molecule has 0 aliphatic rings. The van der Waals surface area contributed by atoms with Gasteiger partial charge in [-0.05, 0) is 31.9 Å². The van der Waals surface area contributed by atoms with Crippen LogP contribution in [0.15, 0.2) is 24.3 Å². The fourth-order valence-corrected chi connectivity index (χ4v) is 1.67. The molecular formula is C15H22N2O2. The third-order valence-electron chi connectivity index (χ3n) is 2.70. The highest BCUT2D eigenvalue weighted by atomic mass is 16.5. The summed E-state index contributed by atoms with van der Waals surface area (Å²) in [6, 6.07) is 10.4. The molecule has 0 saturated heterocycles. The lowest BCUT2D eigenvalue weighted by atomic mass is 10.2. The second-order valence-electron chi connectivity index (χ2n) is 4.46. The van der Waals surface area contributed by atoms with Gasteiger partial charge in [0.05, 0.1) is 12.7 Å². The van der Waals surface area contributed by atoms with Crippen LogP contribution >= 0.6 is 0 Å². The van der Waals surface area contributed by atoms with Crippen LogP contribution in [0.1, 0.15) is 26.2 Å². The largest absolute Gasteiger partial charge is 0.493 e. The summed E-state index contributed by atoms with van der Waals surface area (Å²) in [5.74, 6) is 0.835. The van der Waals surface area contributed by atoms with Crippen LogP contribution in [-0.2, 0) is 4.74 Å². The monoisotopic (exact) mass is 262 g/mol. The van der Waals surface area contributed by atoms with Crippen molar-refractivity contribution < 1.29 is 9.47 Å². The molecule has 4 nitrogen and oxygen atoms in total. The van der Waals surface area contributed by atoms with Gasteiger partial charge in [0.15, 0.2) is 0 Å². The summed E-state index contributed by atoms with van der Waals surface area (Å²) in [7, 11) is 1.71. The van der Waals surface area contributed by atoms with E-state index in [1.165, 1.54) is 0 Å². The molecule has 1 aromatic carbocycles. The fraction of sp³-hybridized carbons (Fsp3) is 0.533. The van der Waals surface area contributed by atoms with E-state index in [1.807, 2.05) is 24.3 Å². The van der Waals surface area contributed by atoms with Gasteiger partial charge in [0.1, 0.15) is 5.75 Å². The first kappa shape index (κ1) is 15.3. The fourth-order valence-electron chi connectivity index (χ4n) is 1.67. The van der Waals surface area contributed by atoms with Gasteiger partial charge < -0.3 is 14.8 Å². The zero-order chi connectivity index (χ0) is 13.9. The molecule has 0 saturated carbocycles. The molecule has 1 N–H and O–H groups in total. The highest BCUT2D eigenvalue weighted by Gasteiger charge is 2.02. The SMILES string of the molecule is COCCC(C)Nc1cccc(OCCCC#N)c1. The first-order valence-electron chi connectivity index (χ1n) is 6.61. The van der Waals surface area contributed by atoms with E-state index in [0.29, 0.717) is 19.1 Å². The predicted octanol–water partition coefficient (Wildman–Crippen LogP) is 3.21. The van der Waals surface area contributed by atoms with Crippen LogP contribution in [0.2, 0.25) is 0 Å². The Kier molecular flexibility index (Phi) is 7.45. The number of nitrogens with one attached hydrogen (secondary N) is 1. The summed E-state index contributed by atoms with van der Waals surface area (Å²) < 4.78 is 10.7. The molecule has 1 rings (SSSR count). The van der Waals surface area contributed by atoms with Crippen LogP contribution < -0.4 is 10.1 Å². The van der Waals surface area contributed by atoms with Crippen molar-refractivity contribution in [2.24, 2.45) is 0 Å². The zero-order valence-corrected chi connectivity index (χ0v) is 11.7. The van der Waals surface area contributed by atoms with Crippen molar-refractivity contribution in [3.63, 3.8) is 0 Å². The van der Waals surface area contributed by atoms with E-state index in [-0.39, 0.29) is 0 Å². The number of ether oxygens (including phenoxy) is 2. The minimum atomic E-state index is 0.355. The summed E-state index contributed by atoms with van der Waals surface area (Å²) in [5.41, 5.74) is 1.04. The Bertz CT molecular complexity index is 401. The highest BCUT2D eigenvalue weighted by Crippen LogP contribution is 2.18. The normalized spacial score (nSPS) is 11.6. The lowest BCUT2D eigenvalue weighted by Crippen LogP contribution is -2.17. The molecule has 1 atom stereocenters. The third kappa shape index (κ3) is 6.68. The molecule has 104 valence electrons. The first-order valence-corrected chi connectivity index (χ1v) is 6.61. The molecule has 1 aromatic rings. The number of benzene rings is 1. The van der Waals surface area contributed by atoms with Gasteiger partial charge in [-0.25, -0.2) is 0 Å². The second-order valence-corrected chi connectivity index (χ2v) is 4.46. The highest BCUT2D eigenvalue weighted by molar-refractivity contribution is 5.48. The molecule has 0 aliphatic carbocycles. The predicted molar refractivity (Wildman–Crippen MR) is 76.4 cm³/mol. The van der Waals surface area contributed by atoms with E-state index in [1.54, 1.807) is 7.11 Å². The Morgan fingerprint density at radius 3 is 2.95 bits per heavy atom. The van der Waals surface area contributed by atoms with Crippen molar-refractivity contribution in [2.75, 3.05) is 25.6 Å². The van der Waals surface area contributed by atoms with Gasteiger partial charge in [0, 0.05) is 37.9 Å². The molecule has 4 heteroatoms. The maximum Gasteiger partial charge on any atom is 0.121 e. The zero-order valence-electron chi connectivity index (χ0n) is 11.7. The average Bonchev–Trinajstić information content (AvgIpc) is 2.42. The summed E-state index contributed by atoms with van der Waals surface area (Å²) in [6.45, 7) is 3.45. The van der Waals surface area contributed by atoms with Crippen LogP contribution in [0.4, 0.5) is 5.69 Å². The van der Waals surface area contributed by atoms with Crippen molar-refractivity contribution in [1.29, 1.82) is 5.26 Å². The molecule has 0 bridgehead atoms. The lowest BCUT2D eigenvalue weighted by molar-refractivity contribution is 0.191. The topological polar surface area (TPSA) is 54.3 Å². The van der Waals surface area contributed by atoms with E-state index in [9.17, 15) is 0 Å². The molecule has 0 aromatic heterocycles. The van der Waals surface area contributed by atoms with Crippen molar-refractivity contribution >= 4 is 5.69 Å². The van der Waals surface area contributed by atoms with Crippen LogP contribution in [-0.4, -0.2) is 26.4 Å². The van der Waals surface area contributed by atoms with Crippen LogP contribution in [0, 0.1) is 11.3 Å². The number of hydrogen-bond acceptors (Lipinski definition) is 4.